The molecule has 4 rings (SSSR count). The molecule has 3 aromatic heterocycles. The van der Waals surface area contributed by atoms with Gasteiger partial charge in [0.05, 0.1) is 11.3 Å². The monoisotopic (exact) mass is 510 g/mol. The number of hydrogen-bond donors (Lipinski definition) is 5. The van der Waals surface area contributed by atoms with Crippen LogP contribution in [-0.2, 0) is 13.0 Å². The lowest BCUT2D eigenvalue weighted by molar-refractivity contribution is 0.0995. The van der Waals surface area contributed by atoms with E-state index in [1.807, 2.05) is 42.5 Å². The predicted octanol–water partition coefficient (Wildman–Crippen LogP) is 3.85. The van der Waals surface area contributed by atoms with Crippen LogP contribution < -0.4 is 10.5 Å². The molecule has 0 aliphatic rings. The largest absolute Gasteiger partial charge is 0.503 e. The second-order valence-electron chi connectivity index (χ2n) is 6.96. The third kappa shape index (κ3) is 10.1. The van der Waals surface area contributed by atoms with Gasteiger partial charge in [-0.2, -0.15) is 0 Å². The second kappa shape index (κ2) is 14.1. The van der Waals surface area contributed by atoms with Crippen molar-refractivity contribution in [3.63, 3.8) is 0 Å². The molecule has 13 nitrogen and oxygen atoms in total. The van der Waals surface area contributed by atoms with Crippen LogP contribution in [0.1, 0.15) is 27.3 Å². The van der Waals surface area contributed by atoms with E-state index in [-0.39, 0.29) is 5.69 Å². The Hall–Kier alpha value is -5.46. The summed E-state index contributed by atoms with van der Waals surface area (Å²) in [6.07, 6.45) is 0.138. The van der Waals surface area contributed by atoms with Crippen LogP contribution in [0.5, 0.6) is 5.88 Å². The van der Waals surface area contributed by atoms with Gasteiger partial charge in [0.2, 0.25) is 5.88 Å². The maximum absolute atomic E-state index is 11.6. The number of aromatic nitrogens is 3. The molecule has 0 atom stereocenters. The van der Waals surface area contributed by atoms with Gasteiger partial charge in [0.1, 0.15) is 12.3 Å². The summed E-state index contributed by atoms with van der Waals surface area (Å²) >= 11 is 0. The van der Waals surface area contributed by atoms with Gasteiger partial charge in [0, 0.05) is 30.9 Å². The highest BCUT2D eigenvalue weighted by molar-refractivity contribution is 5.97. The van der Waals surface area contributed by atoms with E-state index in [0.717, 1.165) is 16.8 Å². The molecule has 0 aliphatic heterocycles. The fourth-order valence-electron chi connectivity index (χ4n) is 2.87. The number of carboxylic acid groups (broad SMARTS) is 4. The number of primary amides is 1. The minimum atomic E-state index is -1.83. The number of hydrogen-bond acceptors (Lipinski definition) is 8. The van der Waals surface area contributed by atoms with Crippen LogP contribution in [0.3, 0.4) is 0 Å². The fraction of sp³-hybridized carbons (Fsp3) is 0.0833. The summed E-state index contributed by atoms with van der Waals surface area (Å²) in [5, 5.41) is 32.0. The predicted molar refractivity (Wildman–Crippen MR) is 127 cm³/mol. The number of benzene rings is 1. The van der Waals surface area contributed by atoms with E-state index in [2.05, 4.69) is 15.1 Å². The van der Waals surface area contributed by atoms with Crippen molar-refractivity contribution in [3.8, 4) is 17.2 Å². The lowest BCUT2D eigenvalue weighted by atomic mass is 10.1. The van der Waals surface area contributed by atoms with Gasteiger partial charge in [0.15, 0.2) is 5.76 Å². The first-order valence-corrected chi connectivity index (χ1v) is 10.3. The standard InChI is InChI=1S/C22H18N4O3.2CH2O3/c23-22(27)21-18(4-3-11-25-21)19-13-17(26-29-19)12-15-6-8-16(9-7-15)14-28-20-5-1-2-10-24-20;2*2-1(3)4/h1-11,13H,12,14H2,(H2,23,27);2*(H2,2,3,4). The van der Waals surface area contributed by atoms with E-state index in [4.69, 9.17) is 45.0 Å². The van der Waals surface area contributed by atoms with E-state index in [9.17, 15) is 4.79 Å². The smallest absolute Gasteiger partial charge is 0.473 e. The van der Waals surface area contributed by atoms with Crippen molar-refractivity contribution in [2.24, 2.45) is 5.73 Å². The van der Waals surface area contributed by atoms with Crippen LogP contribution in [0.4, 0.5) is 9.59 Å². The van der Waals surface area contributed by atoms with Crippen LogP contribution in [0.25, 0.3) is 11.3 Å². The molecule has 0 aliphatic carbocycles. The molecule has 4 aromatic rings. The normalized spacial score (nSPS) is 9.62. The van der Waals surface area contributed by atoms with E-state index < -0.39 is 18.2 Å². The van der Waals surface area contributed by atoms with Gasteiger partial charge in [-0.1, -0.05) is 35.5 Å². The molecule has 1 amide bonds. The van der Waals surface area contributed by atoms with E-state index >= 15 is 0 Å². The molecule has 0 bridgehead atoms. The molecular formula is C24H22N4O9. The zero-order valence-corrected chi connectivity index (χ0v) is 19.1. The summed E-state index contributed by atoms with van der Waals surface area (Å²) in [6.45, 7) is 0.447. The summed E-state index contributed by atoms with van der Waals surface area (Å²) in [6, 6.07) is 18.8. The Morgan fingerprint density at radius 2 is 1.46 bits per heavy atom. The van der Waals surface area contributed by atoms with Crippen molar-refractivity contribution in [3.05, 3.63) is 95.6 Å². The zero-order chi connectivity index (χ0) is 27.2. The Kier molecular flexibility index (Phi) is 10.6. The second-order valence-corrected chi connectivity index (χ2v) is 6.96. The zero-order valence-electron chi connectivity index (χ0n) is 19.1. The van der Waals surface area contributed by atoms with Gasteiger partial charge in [-0.3, -0.25) is 9.78 Å². The van der Waals surface area contributed by atoms with Crippen LogP contribution in [0.15, 0.2) is 77.6 Å². The summed E-state index contributed by atoms with van der Waals surface area (Å²) in [5.41, 5.74) is 8.94. The van der Waals surface area contributed by atoms with Gasteiger partial charge in [-0.15, -0.1) is 0 Å². The van der Waals surface area contributed by atoms with Crippen LogP contribution in [0.2, 0.25) is 0 Å². The highest BCUT2D eigenvalue weighted by Crippen LogP contribution is 2.24. The number of rotatable bonds is 7. The highest BCUT2D eigenvalue weighted by atomic mass is 16.6. The molecule has 0 radical (unpaired) electrons. The molecule has 0 spiro atoms. The number of nitrogens with two attached hydrogens (primary N) is 1. The van der Waals surface area contributed by atoms with E-state index in [0.29, 0.717) is 30.2 Å². The fourth-order valence-corrected chi connectivity index (χ4v) is 2.87. The van der Waals surface area contributed by atoms with E-state index in [1.54, 1.807) is 24.4 Å². The maximum Gasteiger partial charge on any atom is 0.503 e. The number of nitrogens with zero attached hydrogens (tertiary/aromatic N) is 3. The van der Waals surface area contributed by atoms with Gasteiger partial charge in [-0.05, 0) is 29.3 Å². The molecule has 13 heteroatoms. The number of carbonyl (C=O) groups is 3. The minimum absolute atomic E-state index is 0.160. The number of ether oxygens (including phenoxy) is 1. The summed E-state index contributed by atoms with van der Waals surface area (Å²) < 4.78 is 11.1. The molecule has 1 aromatic carbocycles. The van der Waals surface area contributed by atoms with Crippen molar-refractivity contribution in [1.29, 1.82) is 0 Å². The average Bonchev–Trinajstić information content (AvgIpc) is 3.32. The molecule has 192 valence electrons. The Morgan fingerprint density at radius 1 is 0.838 bits per heavy atom. The summed E-state index contributed by atoms with van der Waals surface area (Å²) in [4.78, 5) is 36.8. The third-order valence-corrected chi connectivity index (χ3v) is 4.30. The lowest BCUT2D eigenvalue weighted by Crippen LogP contribution is -2.14. The van der Waals surface area contributed by atoms with Crippen molar-refractivity contribution in [2.45, 2.75) is 13.0 Å². The topological polar surface area (TPSA) is 219 Å². The number of pyridine rings is 2. The number of carbonyl (C=O) groups excluding carboxylic acids is 1. The Morgan fingerprint density at radius 3 is 2.05 bits per heavy atom. The Labute approximate surface area is 209 Å². The van der Waals surface area contributed by atoms with Crippen molar-refractivity contribution in [2.75, 3.05) is 0 Å². The van der Waals surface area contributed by atoms with Crippen LogP contribution in [-0.4, -0.2) is 53.8 Å². The first kappa shape index (κ1) is 27.8. The summed E-state index contributed by atoms with van der Waals surface area (Å²) in [7, 11) is 0. The number of amides is 1. The van der Waals surface area contributed by atoms with Gasteiger partial charge >= 0.3 is 12.3 Å². The van der Waals surface area contributed by atoms with Gasteiger partial charge in [0.25, 0.3) is 5.91 Å². The summed E-state index contributed by atoms with van der Waals surface area (Å²) in [5.74, 6) is 0.446. The molecule has 0 fully saturated rings. The van der Waals surface area contributed by atoms with Crippen LogP contribution in [0, 0.1) is 0 Å². The molecule has 37 heavy (non-hydrogen) atoms. The molecule has 0 unspecified atom stereocenters. The molecule has 0 saturated carbocycles. The Balaban J connectivity index is 0.000000530. The van der Waals surface area contributed by atoms with Crippen molar-refractivity contribution in [1.82, 2.24) is 15.1 Å². The van der Waals surface area contributed by atoms with E-state index in [1.165, 1.54) is 6.20 Å². The van der Waals surface area contributed by atoms with Gasteiger partial charge in [-0.25, -0.2) is 14.6 Å². The van der Waals surface area contributed by atoms with Crippen molar-refractivity contribution >= 4 is 18.2 Å². The first-order valence-electron chi connectivity index (χ1n) is 10.3. The quantitative estimate of drug-likeness (QED) is 0.239. The van der Waals surface area contributed by atoms with Gasteiger partial charge < -0.3 is 35.4 Å². The third-order valence-electron chi connectivity index (χ3n) is 4.30. The molecule has 3 heterocycles. The maximum atomic E-state index is 11.6. The molecule has 0 saturated heterocycles. The SMILES string of the molecule is NC(=O)c1ncccc1-c1cc(Cc2ccc(COc3ccccn3)cc2)no1.O=C(O)O.O=C(O)O. The minimum Gasteiger partial charge on any atom is -0.473 e. The lowest BCUT2D eigenvalue weighted by Gasteiger charge is -2.05. The molecular weight excluding hydrogens is 488 g/mol. The average molecular weight is 510 g/mol. The highest BCUT2D eigenvalue weighted by Gasteiger charge is 2.15. The van der Waals surface area contributed by atoms with Crippen LogP contribution >= 0.6 is 0 Å². The molecule has 6 N–H and O–H groups in total. The van der Waals surface area contributed by atoms with Crippen molar-refractivity contribution < 1.29 is 44.1 Å². The Bertz CT molecular complexity index is 1290. The first-order chi connectivity index (χ1) is 17.7.